The van der Waals surface area contributed by atoms with Gasteiger partial charge in [-0.25, -0.2) is 4.79 Å². The summed E-state index contributed by atoms with van der Waals surface area (Å²) in [5.74, 6) is 2.00. The molecule has 0 aromatic heterocycles. The summed E-state index contributed by atoms with van der Waals surface area (Å²) in [5, 5.41) is 5.97. The first-order chi connectivity index (χ1) is 21.8. The quantitative estimate of drug-likeness (QED) is 0.321. The predicted molar refractivity (Wildman–Crippen MR) is 175 cm³/mol. The first kappa shape index (κ1) is 30.3. The third-order valence-electron chi connectivity index (χ3n) is 11.7. The Hall–Kier alpha value is -3.35. The molecule has 2 aromatic rings. The van der Waals surface area contributed by atoms with Crippen LogP contribution in [0.4, 0.5) is 10.5 Å². The van der Waals surface area contributed by atoms with E-state index in [9.17, 15) is 14.4 Å². The van der Waals surface area contributed by atoms with Gasteiger partial charge in [-0.2, -0.15) is 0 Å². The minimum absolute atomic E-state index is 0.0407. The highest BCUT2D eigenvalue weighted by Crippen LogP contribution is 2.57. The number of anilines is 1. The van der Waals surface area contributed by atoms with Gasteiger partial charge in [-0.3, -0.25) is 9.59 Å². The van der Waals surface area contributed by atoms with Gasteiger partial charge in [0.15, 0.2) is 0 Å². The molecule has 0 spiro atoms. The molecule has 6 fully saturated rings. The van der Waals surface area contributed by atoms with E-state index in [1.807, 2.05) is 54.3 Å². The number of rotatable bonds is 7. The van der Waals surface area contributed by atoms with E-state index in [0.29, 0.717) is 35.8 Å². The van der Waals surface area contributed by atoms with Crippen molar-refractivity contribution in [3.05, 3.63) is 65.7 Å². The topological polar surface area (TPSA) is 87.7 Å². The van der Waals surface area contributed by atoms with E-state index in [0.717, 1.165) is 56.9 Å². The molecule has 2 aromatic carbocycles. The second-order valence-corrected chi connectivity index (χ2v) is 15.1. The fourth-order valence-corrected chi connectivity index (χ4v) is 10.2. The van der Waals surface area contributed by atoms with E-state index >= 15 is 0 Å². The number of esters is 1. The van der Waals surface area contributed by atoms with Crippen LogP contribution in [0.15, 0.2) is 54.6 Å². The molecule has 45 heavy (non-hydrogen) atoms. The Balaban J connectivity index is 1.15. The molecule has 1 saturated heterocycles. The summed E-state index contributed by atoms with van der Waals surface area (Å²) in [6, 6.07) is 16.8. The number of carbonyl (C=O) groups excluding carboxylic acids is 3. The van der Waals surface area contributed by atoms with E-state index in [-0.39, 0.29) is 36.0 Å². The summed E-state index contributed by atoms with van der Waals surface area (Å²) >= 11 is 0. The second-order valence-electron chi connectivity index (χ2n) is 15.1. The molecule has 1 aliphatic heterocycles. The molecule has 3 amide bonds. The van der Waals surface area contributed by atoms with Crippen LogP contribution in [0.25, 0.3) is 0 Å². The van der Waals surface area contributed by atoms with Crippen molar-refractivity contribution in [1.82, 2.24) is 10.2 Å². The normalized spacial score (nSPS) is 33.0. The van der Waals surface area contributed by atoms with Gasteiger partial charge in [-0.15, -0.1) is 0 Å². The highest BCUT2D eigenvalue weighted by molar-refractivity contribution is 5.95. The number of ether oxygens (including phenoxy) is 1. The van der Waals surface area contributed by atoms with Crippen LogP contribution in [0.3, 0.4) is 0 Å². The molecule has 6 aliphatic rings. The molecule has 240 valence electrons. The maximum absolute atomic E-state index is 14.6. The van der Waals surface area contributed by atoms with E-state index in [1.165, 1.54) is 31.2 Å². The molecule has 1 heterocycles. The minimum atomic E-state index is -0.749. The van der Waals surface area contributed by atoms with Crippen molar-refractivity contribution in [2.24, 2.45) is 23.7 Å². The molecule has 5 aliphatic carbocycles. The summed E-state index contributed by atoms with van der Waals surface area (Å²) in [6.45, 7) is 1.94. The summed E-state index contributed by atoms with van der Waals surface area (Å²) in [4.78, 5) is 43.7. The fourth-order valence-electron chi connectivity index (χ4n) is 10.2. The highest BCUT2D eigenvalue weighted by Gasteiger charge is 2.53. The number of benzene rings is 2. The van der Waals surface area contributed by atoms with Crippen molar-refractivity contribution in [3.8, 4) is 0 Å². The van der Waals surface area contributed by atoms with Gasteiger partial charge < -0.3 is 20.3 Å². The van der Waals surface area contributed by atoms with E-state index < -0.39 is 12.1 Å². The number of aryl methyl sites for hydroxylation is 1. The predicted octanol–water partition coefficient (Wildman–Crippen LogP) is 7.35. The average Bonchev–Trinajstić information content (AvgIpc) is 3.13. The van der Waals surface area contributed by atoms with Crippen LogP contribution in [-0.2, 0) is 14.3 Å². The molecule has 8 rings (SSSR count). The Morgan fingerprint density at radius 2 is 1.56 bits per heavy atom. The lowest BCUT2D eigenvalue weighted by Crippen LogP contribution is -2.56. The zero-order valence-electron chi connectivity index (χ0n) is 26.7. The number of nitrogens with zero attached hydrogens (tertiary/aromatic N) is 1. The SMILES string of the molecule is Cc1cccc(NC(=O)NC2CC(c3ccccc3)CC(C3CCCCC3)N(CC(=O)OC34CC5CC(CC(C5)C3)C4)C2=O)c1. The van der Waals surface area contributed by atoms with Crippen molar-refractivity contribution in [3.63, 3.8) is 0 Å². The number of likely N-dealkylation sites (tertiary alicyclic amines) is 1. The van der Waals surface area contributed by atoms with Gasteiger partial charge in [0.25, 0.3) is 0 Å². The van der Waals surface area contributed by atoms with Gasteiger partial charge >= 0.3 is 12.0 Å². The van der Waals surface area contributed by atoms with Crippen LogP contribution in [0, 0.1) is 30.6 Å². The third kappa shape index (κ3) is 6.78. The molecule has 5 saturated carbocycles. The molecule has 0 radical (unpaired) electrons. The molecule has 3 atom stereocenters. The van der Waals surface area contributed by atoms with Crippen LogP contribution in [0.1, 0.15) is 101 Å². The van der Waals surface area contributed by atoms with E-state index in [1.54, 1.807) is 0 Å². The fraction of sp³-hybridized carbons (Fsp3) is 0.605. The molecule has 2 N–H and O–H groups in total. The Morgan fingerprint density at radius 3 is 2.22 bits per heavy atom. The highest BCUT2D eigenvalue weighted by atomic mass is 16.6. The third-order valence-corrected chi connectivity index (χ3v) is 11.7. The second kappa shape index (κ2) is 12.8. The Morgan fingerprint density at radius 1 is 0.867 bits per heavy atom. The maximum atomic E-state index is 14.6. The van der Waals surface area contributed by atoms with Crippen LogP contribution in [0.2, 0.25) is 0 Å². The Kier molecular flexibility index (Phi) is 8.62. The lowest BCUT2D eigenvalue weighted by atomic mass is 9.54. The molecule has 7 nitrogen and oxygen atoms in total. The smallest absolute Gasteiger partial charge is 0.326 e. The number of urea groups is 1. The summed E-state index contributed by atoms with van der Waals surface area (Å²) < 4.78 is 6.46. The summed E-state index contributed by atoms with van der Waals surface area (Å²) in [5.41, 5.74) is 2.56. The Labute approximate surface area is 267 Å². The van der Waals surface area contributed by atoms with Crippen LogP contribution in [-0.4, -0.2) is 47.0 Å². The molecular weight excluding hydrogens is 562 g/mol. The van der Waals surface area contributed by atoms with Crippen molar-refractivity contribution in [2.75, 3.05) is 11.9 Å². The van der Waals surface area contributed by atoms with E-state index in [4.69, 9.17) is 4.74 Å². The number of nitrogens with one attached hydrogen (secondary N) is 2. The average molecular weight is 612 g/mol. The zero-order chi connectivity index (χ0) is 31.0. The maximum Gasteiger partial charge on any atom is 0.326 e. The standard InChI is InChI=1S/C38H49N3O4/c1-25-9-8-14-32(15-25)39-37(44)40-33-19-31(29-10-4-2-5-11-29)20-34(30-12-6-3-7-13-30)41(36(33)43)24-35(42)45-38-21-26-16-27(22-38)18-28(17-26)23-38/h2,4-5,8-11,14-15,26-28,30-31,33-34H,3,6-7,12-13,16-24H2,1H3,(H2,39,40,44). The minimum Gasteiger partial charge on any atom is -0.458 e. The van der Waals surface area contributed by atoms with Crippen molar-refractivity contribution in [1.29, 1.82) is 0 Å². The molecule has 7 heteroatoms. The first-order valence-corrected chi connectivity index (χ1v) is 17.5. The summed E-state index contributed by atoms with van der Waals surface area (Å²) in [7, 11) is 0. The van der Waals surface area contributed by atoms with Crippen molar-refractivity contribution >= 4 is 23.6 Å². The zero-order valence-corrected chi connectivity index (χ0v) is 26.7. The van der Waals surface area contributed by atoms with Crippen molar-refractivity contribution < 1.29 is 19.1 Å². The lowest BCUT2D eigenvalue weighted by molar-refractivity contribution is -0.189. The number of amides is 3. The van der Waals surface area contributed by atoms with Crippen LogP contribution in [0.5, 0.6) is 0 Å². The number of hydrogen-bond acceptors (Lipinski definition) is 4. The number of hydrogen-bond donors (Lipinski definition) is 2. The van der Waals surface area contributed by atoms with Gasteiger partial charge in [0.1, 0.15) is 18.2 Å². The van der Waals surface area contributed by atoms with Gasteiger partial charge in [0, 0.05) is 11.7 Å². The monoisotopic (exact) mass is 611 g/mol. The van der Waals surface area contributed by atoms with Gasteiger partial charge in [0.2, 0.25) is 5.91 Å². The first-order valence-electron chi connectivity index (χ1n) is 17.5. The lowest BCUT2D eigenvalue weighted by Gasteiger charge is -2.55. The van der Waals surface area contributed by atoms with Crippen LogP contribution >= 0.6 is 0 Å². The summed E-state index contributed by atoms with van der Waals surface area (Å²) in [6.07, 6.45) is 13.7. The van der Waals surface area contributed by atoms with Crippen LogP contribution < -0.4 is 10.6 Å². The van der Waals surface area contributed by atoms with E-state index in [2.05, 4.69) is 22.8 Å². The molecular formula is C38H49N3O4. The number of carbonyl (C=O) groups is 3. The Bertz CT molecular complexity index is 1350. The molecule has 3 unspecified atom stereocenters. The van der Waals surface area contributed by atoms with Gasteiger partial charge in [0.05, 0.1) is 0 Å². The van der Waals surface area contributed by atoms with Gasteiger partial charge in [-0.1, -0.05) is 61.7 Å². The van der Waals surface area contributed by atoms with Gasteiger partial charge in [-0.05, 0) is 124 Å². The largest absolute Gasteiger partial charge is 0.458 e. The molecule has 4 bridgehead atoms. The van der Waals surface area contributed by atoms with Crippen molar-refractivity contribution in [2.45, 2.75) is 114 Å².